The highest BCUT2D eigenvalue weighted by Gasteiger charge is 2.02. The molecule has 0 spiro atoms. The van der Waals surface area contributed by atoms with Crippen LogP contribution >= 0.6 is 0 Å². The van der Waals surface area contributed by atoms with Gasteiger partial charge in [0.1, 0.15) is 11.5 Å². The second-order valence-electron chi connectivity index (χ2n) is 4.45. The smallest absolute Gasteiger partial charge is 0.146 e. The predicted molar refractivity (Wildman–Crippen MR) is 70.6 cm³/mol. The molecule has 0 aromatic carbocycles. The van der Waals surface area contributed by atoms with Gasteiger partial charge in [0.05, 0.1) is 12.4 Å². The molecule has 0 bridgehead atoms. The first-order valence-electron chi connectivity index (χ1n) is 5.93. The van der Waals surface area contributed by atoms with Crippen molar-refractivity contribution in [1.82, 2.24) is 9.97 Å². The summed E-state index contributed by atoms with van der Waals surface area (Å²) < 4.78 is 5.69. The Morgan fingerprint density at radius 1 is 1.22 bits per heavy atom. The third-order valence-electron chi connectivity index (χ3n) is 2.45. The molecule has 0 fully saturated rings. The van der Waals surface area contributed by atoms with Crippen molar-refractivity contribution in [2.45, 2.75) is 26.3 Å². The van der Waals surface area contributed by atoms with Gasteiger partial charge in [0.25, 0.3) is 0 Å². The molecular weight excluding hydrogens is 226 g/mol. The highest BCUT2D eigenvalue weighted by atomic mass is 16.5. The molecule has 0 aliphatic carbocycles. The Morgan fingerprint density at radius 2 is 2.06 bits per heavy atom. The van der Waals surface area contributed by atoms with E-state index < -0.39 is 0 Å². The quantitative estimate of drug-likeness (QED) is 0.896. The van der Waals surface area contributed by atoms with Crippen molar-refractivity contribution in [3.8, 4) is 11.5 Å². The average Bonchev–Trinajstić information content (AvgIpc) is 2.32. The van der Waals surface area contributed by atoms with Crippen LogP contribution in [0.25, 0.3) is 0 Å². The summed E-state index contributed by atoms with van der Waals surface area (Å²) in [7, 11) is 0. The van der Waals surface area contributed by atoms with E-state index in [9.17, 15) is 0 Å². The molecule has 0 saturated carbocycles. The highest BCUT2D eigenvalue weighted by Crippen LogP contribution is 2.20. The number of rotatable bonds is 4. The van der Waals surface area contributed by atoms with Gasteiger partial charge in [0.15, 0.2) is 0 Å². The standard InChI is InChI=1S/C14H17N3O/c1-10(15)5-12-6-14(8-16-7-12)18-13-4-3-11(2)17-9-13/h3-4,6-10H,5,15H2,1-2H3. The van der Waals surface area contributed by atoms with E-state index in [0.29, 0.717) is 11.5 Å². The van der Waals surface area contributed by atoms with E-state index in [4.69, 9.17) is 10.5 Å². The lowest BCUT2D eigenvalue weighted by molar-refractivity contribution is 0.476. The largest absolute Gasteiger partial charge is 0.454 e. The molecule has 0 amide bonds. The van der Waals surface area contributed by atoms with Gasteiger partial charge in [-0.25, -0.2) is 0 Å². The van der Waals surface area contributed by atoms with Crippen LogP contribution in [0.3, 0.4) is 0 Å². The fourth-order valence-electron chi connectivity index (χ4n) is 1.65. The number of pyridine rings is 2. The highest BCUT2D eigenvalue weighted by molar-refractivity contribution is 5.30. The number of aromatic nitrogens is 2. The van der Waals surface area contributed by atoms with Crippen molar-refractivity contribution in [2.75, 3.05) is 0 Å². The minimum absolute atomic E-state index is 0.114. The van der Waals surface area contributed by atoms with Crippen molar-refractivity contribution >= 4 is 0 Å². The van der Waals surface area contributed by atoms with E-state index in [2.05, 4.69) is 9.97 Å². The van der Waals surface area contributed by atoms with Crippen LogP contribution in [-0.2, 0) is 6.42 Å². The van der Waals surface area contributed by atoms with Crippen LogP contribution in [0.1, 0.15) is 18.2 Å². The molecule has 18 heavy (non-hydrogen) atoms. The van der Waals surface area contributed by atoms with E-state index in [-0.39, 0.29) is 6.04 Å². The summed E-state index contributed by atoms with van der Waals surface area (Å²) in [5, 5.41) is 0. The zero-order valence-corrected chi connectivity index (χ0v) is 10.6. The number of hydrogen-bond acceptors (Lipinski definition) is 4. The number of nitrogens with zero attached hydrogens (tertiary/aromatic N) is 2. The van der Waals surface area contributed by atoms with Gasteiger partial charge in [-0.1, -0.05) is 0 Å². The molecule has 2 aromatic heterocycles. The van der Waals surface area contributed by atoms with Crippen LogP contribution in [0, 0.1) is 6.92 Å². The fraction of sp³-hybridized carbons (Fsp3) is 0.286. The van der Waals surface area contributed by atoms with Crippen molar-refractivity contribution in [3.05, 3.63) is 48.0 Å². The van der Waals surface area contributed by atoms with Gasteiger partial charge in [-0.2, -0.15) is 0 Å². The summed E-state index contributed by atoms with van der Waals surface area (Å²) in [5.74, 6) is 1.42. The number of nitrogens with two attached hydrogens (primary N) is 1. The van der Waals surface area contributed by atoms with Crippen LogP contribution in [-0.4, -0.2) is 16.0 Å². The summed E-state index contributed by atoms with van der Waals surface area (Å²) >= 11 is 0. The summed E-state index contributed by atoms with van der Waals surface area (Å²) in [6, 6.07) is 5.87. The van der Waals surface area contributed by atoms with E-state index in [1.807, 2.05) is 38.2 Å². The molecule has 4 nitrogen and oxygen atoms in total. The van der Waals surface area contributed by atoms with Crippen LogP contribution in [0.4, 0.5) is 0 Å². The Kier molecular flexibility index (Phi) is 3.89. The van der Waals surface area contributed by atoms with Crippen LogP contribution in [0.15, 0.2) is 36.8 Å². The number of hydrogen-bond donors (Lipinski definition) is 1. The van der Waals surface area contributed by atoms with Crippen LogP contribution in [0.2, 0.25) is 0 Å². The molecule has 1 atom stereocenters. The van der Waals surface area contributed by atoms with Gasteiger partial charge in [-0.05, 0) is 44.0 Å². The second-order valence-corrected chi connectivity index (χ2v) is 4.45. The van der Waals surface area contributed by atoms with Gasteiger partial charge in [0.2, 0.25) is 0 Å². The van der Waals surface area contributed by atoms with Gasteiger partial charge in [0, 0.05) is 17.9 Å². The lowest BCUT2D eigenvalue weighted by Gasteiger charge is -2.08. The SMILES string of the molecule is Cc1ccc(Oc2cncc(CC(C)N)c2)cn1. The second kappa shape index (κ2) is 5.60. The Hall–Kier alpha value is -1.94. The summed E-state index contributed by atoms with van der Waals surface area (Å²) in [6.07, 6.45) is 5.98. The van der Waals surface area contributed by atoms with Gasteiger partial charge in [-0.15, -0.1) is 0 Å². The average molecular weight is 243 g/mol. The molecule has 4 heteroatoms. The van der Waals surface area contributed by atoms with Crippen molar-refractivity contribution in [1.29, 1.82) is 0 Å². The third-order valence-corrected chi connectivity index (χ3v) is 2.45. The van der Waals surface area contributed by atoms with Crippen molar-refractivity contribution in [3.63, 3.8) is 0 Å². The Balaban J connectivity index is 2.11. The van der Waals surface area contributed by atoms with Crippen LogP contribution in [0.5, 0.6) is 11.5 Å². The topological polar surface area (TPSA) is 61.0 Å². The lowest BCUT2D eigenvalue weighted by Crippen LogP contribution is -2.17. The number of ether oxygens (including phenoxy) is 1. The molecule has 2 heterocycles. The fourth-order valence-corrected chi connectivity index (χ4v) is 1.65. The molecule has 1 unspecified atom stereocenters. The number of aryl methyl sites for hydroxylation is 1. The molecule has 94 valence electrons. The minimum atomic E-state index is 0.114. The van der Waals surface area contributed by atoms with E-state index in [1.54, 1.807) is 12.4 Å². The third kappa shape index (κ3) is 3.53. The molecule has 2 rings (SSSR count). The molecule has 2 N–H and O–H groups in total. The first-order valence-corrected chi connectivity index (χ1v) is 5.93. The molecule has 0 saturated heterocycles. The van der Waals surface area contributed by atoms with E-state index >= 15 is 0 Å². The minimum Gasteiger partial charge on any atom is -0.454 e. The molecular formula is C14H17N3O. The summed E-state index contributed by atoms with van der Waals surface area (Å²) in [6.45, 7) is 3.91. The van der Waals surface area contributed by atoms with Crippen molar-refractivity contribution < 1.29 is 4.74 Å². The Bertz CT molecular complexity index is 509. The molecule has 0 radical (unpaired) electrons. The zero-order valence-electron chi connectivity index (χ0n) is 10.6. The molecule has 2 aromatic rings. The van der Waals surface area contributed by atoms with Crippen molar-refractivity contribution in [2.24, 2.45) is 5.73 Å². The first kappa shape index (κ1) is 12.5. The maximum absolute atomic E-state index is 5.77. The lowest BCUT2D eigenvalue weighted by atomic mass is 10.1. The van der Waals surface area contributed by atoms with E-state index in [1.165, 1.54) is 0 Å². The van der Waals surface area contributed by atoms with Gasteiger partial charge < -0.3 is 10.5 Å². The maximum atomic E-state index is 5.77. The summed E-state index contributed by atoms with van der Waals surface area (Å²) in [5.41, 5.74) is 7.80. The monoisotopic (exact) mass is 243 g/mol. The van der Waals surface area contributed by atoms with E-state index in [0.717, 1.165) is 17.7 Å². The normalized spacial score (nSPS) is 12.2. The maximum Gasteiger partial charge on any atom is 0.146 e. The first-order chi connectivity index (χ1) is 8.63. The molecule has 0 aliphatic heterocycles. The molecule has 0 aliphatic rings. The Morgan fingerprint density at radius 3 is 2.72 bits per heavy atom. The predicted octanol–water partition coefficient (Wildman–Crippen LogP) is 2.47. The Labute approximate surface area is 107 Å². The van der Waals surface area contributed by atoms with Crippen LogP contribution < -0.4 is 10.5 Å². The summed E-state index contributed by atoms with van der Waals surface area (Å²) in [4.78, 5) is 8.33. The zero-order chi connectivity index (χ0) is 13.0. The van der Waals surface area contributed by atoms with Gasteiger partial charge in [-0.3, -0.25) is 9.97 Å². The van der Waals surface area contributed by atoms with Gasteiger partial charge >= 0.3 is 0 Å².